The van der Waals surface area contributed by atoms with Crippen LogP contribution in [0, 0.1) is 0 Å². The summed E-state index contributed by atoms with van der Waals surface area (Å²) in [5.74, 6) is -1.16. The molecule has 344 valence electrons. The molecule has 0 bridgehead atoms. The van der Waals surface area contributed by atoms with Gasteiger partial charge in [-0.05, 0) is 89.9 Å². The van der Waals surface area contributed by atoms with Crippen LogP contribution >= 0.6 is 0 Å². The van der Waals surface area contributed by atoms with Crippen molar-refractivity contribution < 1.29 is 28.6 Å². The SMILES string of the molecule is CC/C=C/C=C/C=C/C=C/C=C/CCCCCC(=O)OC(COC(=O)CC/C=C/C/C=C/C/C=C/C/C=C/C/C=C/CC)COC(=O)CC/C=C/C/C=C/CCCCCCCC. The molecule has 0 spiro atoms. The molecule has 0 aliphatic rings. The smallest absolute Gasteiger partial charge is 0.306 e. The molecule has 0 aromatic heterocycles. The van der Waals surface area contributed by atoms with Crippen molar-refractivity contribution in [2.75, 3.05) is 13.2 Å². The molecule has 1 unspecified atom stereocenters. The first kappa shape index (κ1) is 57.3. The fraction of sp³-hybridized carbons (Fsp3) is 0.518. The molecule has 6 heteroatoms. The number of carbonyl (C=O) groups is 3. The Labute approximate surface area is 378 Å². The summed E-state index contributed by atoms with van der Waals surface area (Å²) in [5, 5.41) is 0. The third-order valence-corrected chi connectivity index (χ3v) is 9.21. The first-order valence-corrected chi connectivity index (χ1v) is 23.9. The Morgan fingerprint density at radius 3 is 1.24 bits per heavy atom. The molecule has 0 aliphatic heterocycles. The molecule has 0 radical (unpaired) electrons. The van der Waals surface area contributed by atoms with Crippen molar-refractivity contribution in [3.05, 3.63) is 146 Å². The lowest BCUT2D eigenvalue weighted by Gasteiger charge is -2.18. The quantitative estimate of drug-likeness (QED) is 0.0201. The molecule has 0 aromatic carbocycles. The lowest BCUT2D eigenvalue weighted by molar-refractivity contribution is -0.166. The van der Waals surface area contributed by atoms with Gasteiger partial charge in [-0.1, -0.05) is 205 Å². The van der Waals surface area contributed by atoms with Gasteiger partial charge in [0.05, 0.1) is 0 Å². The van der Waals surface area contributed by atoms with Crippen LogP contribution in [0.2, 0.25) is 0 Å². The van der Waals surface area contributed by atoms with Gasteiger partial charge in [-0.2, -0.15) is 0 Å². The highest BCUT2D eigenvalue weighted by atomic mass is 16.6. The Bertz CT molecular complexity index is 1440. The summed E-state index contributed by atoms with van der Waals surface area (Å²) in [6.07, 6.45) is 69.9. The third kappa shape index (κ3) is 46.4. The Morgan fingerprint density at radius 1 is 0.355 bits per heavy atom. The van der Waals surface area contributed by atoms with E-state index in [2.05, 4.69) is 99.8 Å². The van der Waals surface area contributed by atoms with Crippen LogP contribution < -0.4 is 0 Å². The van der Waals surface area contributed by atoms with E-state index in [-0.39, 0.29) is 44.4 Å². The predicted molar refractivity (Wildman–Crippen MR) is 265 cm³/mol. The molecular formula is C56H84O6. The number of allylic oxidation sites excluding steroid dienone is 24. The van der Waals surface area contributed by atoms with E-state index in [0.29, 0.717) is 19.3 Å². The lowest BCUT2D eigenvalue weighted by Crippen LogP contribution is -2.30. The van der Waals surface area contributed by atoms with E-state index in [1.165, 1.54) is 38.5 Å². The van der Waals surface area contributed by atoms with Gasteiger partial charge in [-0.15, -0.1) is 0 Å². The standard InChI is InChI=1S/C56H84O6/c1-4-7-10-13-16-19-22-25-27-29-31-34-37-40-43-46-49-55(58)61-52-53(51-60-54(57)48-45-42-39-36-33-30-24-21-18-15-12-9-6-3)62-56(59)50-47-44-41-38-35-32-28-26-23-20-17-14-11-8-5-2/h7-8,10-11,14,16-17,19-20,23,25-28,30-35,39-40,42-43,53H,4-6,9,12-13,15,18,21-22,24,29,36-38,41,44-52H2,1-3H3/b10-7+,11-8+,17-14+,19-16+,23-20+,27-25+,28-26+,33-30+,34-31+,35-32+,42-39+,43-40+. The maximum absolute atomic E-state index is 12.7. The zero-order valence-corrected chi connectivity index (χ0v) is 39.1. The average molecular weight is 853 g/mol. The maximum Gasteiger partial charge on any atom is 0.306 e. The van der Waals surface area contributed by atoms with Crippen molar-refractivity contribution >= 4 is 17.9 Å². The molecule has 0 saturated heterocycles. The normalized spacial score (nSPS) is 13.4. The molecule has 0 rings (SSSR count). The van der Waals surface area contributed by atoms with E-state index in [9.17, 15) is 14.4 Å². The van der Waals surface area contributed by atoms with Crippen molar-refractivity contribution in [3.8, 4) is 0 Å². The minimum Gasteiger partial charge on any atom is -0.462 e. The lowest BCUT2D eigenvalue weighted by atomic mass is 10.1. The summed E-state index contributed by atoms with van der Waals surface area (Å²) < 4.78 is 16.6. The van der Waals surface area contributed by atoms with Gasteiger partial charge in [0, 0.05) is 19.3 Å². The summed E-state index contributed by atoms with van der Waals surface area (Å²) in [4.78, 5) is 37.8. The predicted octanol–water partition coefficient (Wildman–Crippen LogP) is 15.7. The van der Waals surface area contributed by atoms with Gasteiger partial charge in [-0.25, -0.2) is 0 Å². The summed E-state index contributed by atoms with van der Waals surface area (Å²) in [6, 6.07) is 0. The van der Waals surface area contributed by atoms with Crippen LogP contribution in [0.4, 0.5) is 0 Å². The monoisotopic (exact) mass is 853 g/mol. The van der Waals surface area contributed by atoms with Crippen LogP contribution in [-0.2, 0) is 28.6 Å². The van der Waals surface area contributed by atoms with Gasteiger partial charge in [0.2, 0.25) is 0 Å². The third-order valence-electron chi connectivity index (χ3n) is 9.21. The van der Waals surface area contributed by atoms with Crippen molar-refractivity contribution in [2.24, 2.45) is 0 Å². The summed E-state index contributed by atoms with van der Waals surface area (Å²) in [6.45, 7) is 6.18. The first-order chi connectivity index (χ1) is 30.5. The minimum atomic E-state index is -0.858. The molecule has 6 nitrogen and oxygen atoms in total. The molecule has 0 amide bonds. The topological polar surface area (TPSA) is 78.9 Å². The Morgan fingerprint density at radius 2 is 0.742 bits per heavy atom. The number of unbranched alkanes of at least 4 members (excludes halogenated alkanes) is 9. The number of esters is 3. The van der Waals surface area contributed by atoms with Gasteiger partial charge >= 0.3 is 17.9 Å². The van der Waals surface area contributed by atoms with Crippen LogP contribution in [0.15, 0.2) is 146 Å². The van der Waals surface area contributed by atoms with E-state index >= 15 is 0 Å². The minimum absolute atomic E-state index is 0.156. The molecule has 0 heterocycles. The molecular weight excluding hydrogens is 769 g/mol. The van der Waals surface area contributed by atoms with Gasteiger partial charge in [0.25, 0.3) is 0 Å². The fourth-order valence-corrected chi connectivity index (χ4v) is 5.68. The number of rotatable bonds is 40. The van der Waals surface area contributed by atoms with Gasteiger partial charge < -0.3 is 14.2 Å². The Kier molecular flexibility index (Phi) is 45.2. The first-order valence-electron chi connectivity index (χ1n) is 23.9. The maximum atomic E-state index is 12.7. The van der Waals surface area contributed by atoms with Crippen LogP contribution in [0.1, 0.15) is 168 Å². The van der Waals surface area contributed by atoms with Crippen molar-refractivity contribution in [2.45, 2.75) is 175 Å². The second-order valence-corrected chi connectivity index (χ2v) is 15.0. The van der Waals surface area contributed by atoms with E-state index in [4.69, 9.17) is 14.2 Å². The number of carbonyl (C=O) groups excluding carboxylic acids is 3. The molecule has 0 saturated carbocycles. The van der Waals surface area contributed by atoms with Crippen molar-refractivity contribution in [3.63, 3.8) is 0 Å². The molecule has 0 aliphatic carbocycles. The molecule has 62 heavy (non-hydrogen) atoms. The van der Waals surface area contributed by atoms with E-state index in [0.717, 1.165) is 70.6 Å². The van der Waals surface area contributed by atoms with Crippen LogP contribution in [0.25, 0.3) is 0 Å². The highest BCUT2D eigenvalue weighted by Crippen LogP contribution is 2.10. The van der Waals surface area contributed by atoms with Crippen LogP contribution in [-0.4, -0.2) is 37.2 Å². The fourth-order valence-electron chi connectivity index (χ4n) is 5.68. The van der Waals surface area contributed by atoms with Crippen LogP contribution in [0.3, 0.4) is 0 Å². The van der Waals surface area contributed by atoms with E-state index in [1.54, 1.807) is 0 Å². The molecule has 1 atom stereocenters. The van der Waals surface area contributed by atoms with Crippen molar-refractivity contribution in [1.82, 2.24) is 0 Å². The number of hydrogen-bond acceptors (Lipinski definition) is 6. The van der Waals surface area contributed by atoms with E-state index < -0.39 is 12.1 Å². The molecule has 0 aromatic rings. The summed E-state index contributed by atoms with van der Waals surface area (Å²) in [5.41, 5.74) is 0. The number of ether oxygens (including phenoxy) is 3. The average Bonchev–Trinajstić information content (AvgIpc) is 3.27. The zero-order chi connectivity index (χ0) is 45.1. The molecule has 0 fully saturated rings. The van der Waals surface area contributed by atoms with Gasteiger partial charge in [0.1, 0.15) is 13.2 Å². The highest BCUT2D eigenvalue weighted by molar-refractivity contribution is 5.71. The summed E-state index contributed by atoms with van der Waals surface area (Å²) in [7, 11) is 0. The second-order valence-electron chi connectivity index (χ2n) is 15.0. The van der Waals surface area contributed by atoms with Crippen molar-refractivity contribution in [1.29, 1.82) is 0 Å². The summed E-state index contributed by atoms with van der Waals surface area (Å²) >= 11 is 0. The second kappa shape index (κ2) is 49.0. The van der Waals surface area contributed by atoms with E-state index in [1.807, 2.05) is 66.8 Å². The Hall–Kier alpha value is -4.71. The van der Waals surface area contributed by atoms with Crippen LogP contribution in [0.5, 0.6) is 0 Å². The number of hydrogen-bond donors (Lipinski definition) is 0. The largest absolute Gasteiger partial charge is 0.462 e. The van der Waals surface area contributed by atoms with Gasteiger partial charge in [-0.3, -0.25) is 14.4 Å². The Balaban J connectivity index is 4.69. The van der Waals surface area contributed by atoms with Gasteiger partial charge in [0.15, 0.2) is 6.10 Å². The molecule has 0 N–H and O–H groups in total. The highest BCUT2D eigenvalue weighted by Gasteiger charge is 2.19. The zero-order valence-electron chi connectivity index (χ0n) is 39.1.